The highest BCUT2D eigenvalue weighted by Gasteiger charge is 2.17. The Morgan fingerprint density at radius 1 is 0.939 bits per heavy atom. The van der Waals surface area contributed by atoms with Crippen LogP contribution < -0.4 is 0 Å². The van der Waals surface area contributed by atoms with E-state index in [9.17, 15) is 0 Å². The molecule has 2 aromatic carbocycles. The fourth-order valence-electron chi connectivity index (χ4n) is 3.92. The van der Waals surface area contributed by atoms with Crippen molar-refractivity contribution in [3.8, 4) is 22.4 Å². The van der Waals surface area contributed by atoms with Crippen LogP contribution in [0.2, 0.25) is 0 Å². The number of aryl methyl sites for hydroxylation is 3. The fraction of sp³-hybridized carbons (Fsp3) is 0.267. The molecule has 3 nitrogen and oxygen atoms in total. The van der Waals surface area contributed by atoms with E-state index in [-0.39, 0.29) is 51.0 Å². The predicted molar refractivity (Wildman–Crippen MR) is 138 cm³/mol. The number of furan rings is 1. The average molecular weight is 447 g/mol. The summed E-state index contributed by atoms with van der Waals surface area (Å²) >= 11 is 0. The minimum absolute atomic E-state index is 0.00411. The van der Waals surface area contributed by atoms with Crippen molar-refractivity contribution in [3.05, 3.63) is 83.2 Å². The molecule has 5 aromatic rings. The first kappa shape index (κ1) is 11.6. The largest absolute Gasteiger partial charge is 0.437 e. The average Bonchev–Trinajstić information content (AvgIpc) is 3.28. The Morgan fingerprint density at radius 3 is 2.61 bits per heavy atom. The zero-order valence-electron chi connectivity index (χ0n) is 30.5. The van der Waals surface area contributed by atoms with Crippen molar-refractivity contribution in [1.82, 2.24) is 9.97 Å². The van der Waals surface area contributed by atoms with Gasteiger partial charge >= 0.3 is 0 Å². The monoisotopic (exact) mass is 446 g/mol. The first-order valence-electron chi connectivity index (χ1n) is 16.5. The van der Waals surface area contributed by atoms with E-state index in [1.807, 2.05) is 0 Å². The van der Waals surface area contributed by atoms with Crippen molar-refractivity contribution >= 4 is 22.1 Å². The van der Waals surface area contributed by atoms with E-state index >= 15 is 0 Å². The van der Waals surface area contributed by atoms with Crippen molar-refractivity contribution < 1.29 is 20.9 Å². The third-order valence-electron chi connectivity index (χ3n) is 5.27. The molecule has 0 fully saturated rings. The van der Waals surface area contributed by atoms with Gasteiger partial charge in [0.2, 0.25) is 5.71 Å². The number of aromatic nitrogens is 2. The number of fused-ring (bicyclic) bond motifs is 3. The van der Waals surface area contributed by atoms with Gasteiger partial charge in [0.1, 0.15) is 5.58 Å². The van der Waals surface area contributed by atoms with Gasteiger partial charge in [-0.2, -0.15) is 0 Å². The highest BCUT2D eigenvalue weighted by atomic mass is 16.3. The van der Waals surface area contributed by atoms with Crippen LogP contribution in [0.4, 0.5) is 0 Å². The number of hydrogen-bond acceptors (Lipinski definition) is 3. The van der Waals surface area contributed by atoms with Gasteiger partial charge in [-0.25, -0.2) is 4.98 Å². The van der Waals surface area contributed by atoms with Gasteiger partial charge < -0.3 is 4.42 Å². The summed E-state index contributed by atoms with van der Waals surface area (Å²) in [7, 11) is 0. The number of benzene rings is 2. The van der Waals surface area contributed by atoms with Gasteiger partial charge in [0.15, 0.2) is 0 Å². The molecule has 33 heavy (non-hydrogen) atoms. The zero-order valence-corrected chi connectivity index (χ0v) is 18.5. The van der Waals surface area contributed by atoms with Crippen molar-refractivity contribution in [2.24, 2.45) is 5.41 Å². The molecule has 0 bridgehead atoms. The normalized spacial score (nSPS) is 19.0. The molecule has 0 aliphatic carbocycles. The van der Waals surface area contributed by atoms with Gasteiger partial charge in [0.05, 0.1) is 7.06 Å². The summed E-state index contributed by atoms with van der Waals surface area (Å²) in [6, 6.07) is 11.6. The zero-order chi connectivity index (χ0) is 33.5. The summed E-state index contributed by atoms with van der Waals surface area (Å²) in [4.78, 5) is 8.58. The smallest absolute Gasteiger partial charge is 0.227 e. The fourth-order valence-corrected chi connectivity index (χ4v) is 3.92. The minimum atomic E-state index is -2.82. The molecule has 3 aromatic heterocycles. The maximum atomic E-state index is 8.91. The molecule has 0 unspecified atom stereocenters. The quantitative estimate of drug-likeness (QED) is 0.280. The Labute approximate surface area is 212 Å². The van der Waals surface area contributed by atoms with Crippen molar-refractivity contribution in [1.29, 1.82) is 0 Å². The molecule has 0 saturated heterocycles. The lowest BCUT2D eigenvalue weighted by Crippen LogP contribution is -2.09. The Bertz CT molecular complexity index is 1940. The molecular weight excluding hydrogens is 404 g/mol. The molecular formula is C30H30N2O. The van der Waals surface area contributed by atoms with Crippen LogP contribution in [0.3, 0.4) is 0 Å². The van der Waals surface area contributed by atoms with Crippen molar-refractivity contribution in [2.75, 3.05) is 0 Å². The third-order valence-corrected chi connectivity index (χ3v) is 5.27. The van der Waals surface area contributed by atoms with Crippen LogP contribution in [-0.2, 0) is 6.37 Å². The molecule has 0 amide bonds. The molecule has 0 aliphatic rings. The summed E-state index contributed by atoms with van der Waals surface area (Å²) in [5.41, 5.74) is -0.939. The molecule has 0 N–H and O–H groups in total. The summed E-state index contributed by atoms with van der Waals surface area (Å²) in [6.07, 6.45) is -0.892. The van der Waals surface area contributed by atoms with E-state index < -0.39 is 32.3 Å². The van der Waals surface area contributed by atoms with Gasteiger partial charge in [-0.3, -0.25) is 4.98 Å². The number of rotatable bonds is 3. The van der Waals surface area contributed by atoms with Gasteiger partial charge in [-0.15, -0.1) is 0 Å². The van der Waals surface area contributed by atoms with Crippen LogP contribution in [0.25, 0.3) is 44.5 Å². The van der Waals surface area contributed by atoms with E-state index in [0.29, 0.717) is 21.9 Å². The first-order valence-corrected chi connectivity index (χ1v) is 10.5. The Kier molecular flexibility index (Phi) is 2.76. The second-order valence-electron chi connectivity index (χ2n) is 9.00. The molecule has 3 heteroatoms. The second-order valence-corrected chi connectivity index (χ2v) is 9.00. The van der Waals surface area contributed by atoms with Crippen LogP contribution in [0.15, 0.2) is 65.2 Å². The number of pyridine rings is 2. The molecule has 0 radical (unpaired) electrons. The number of nitrogens with zero attached hydrogens (tertiary/aromatic N) is 2. The number of para-hydroxylation sites is 1. The minimum Gasteiger partial charge on any atom is -0.437 e. The lowest BCUT2D eigenvalue weighted by atomic mass is 9.86. The Balaban J connectivity index is 1.81. The summed E-state index contributed by atoms with van der Waals surface area (Å²) in [5, 5.41) is 1.16. The van der Waals surface area contributed by atoms with E-state index in [1.54, 1.807) is 45.0 Å². The van der Waals surface area contributed by atoms with E-state index in [0.717, 1.165) is 6.20 Å². The lowest BCUT2D eigenvalue weighted by Gasteiger charge is -2.19. The Morgan fingerprint density at radius 2 is 1.82 bits per heavy atom. The summed E-state index contributed by atoms with van der Waals surface area (Å²) in [5.74, 6) is 0. The van der Waals surface area contributed by atoms with Crippen LogP contribution in [0, 0.1) is 26.0 Å². The predicted octanol–water partition coefficient (Wildman–Crippen LogP) is 8.22. The van der Waals surface area contributed by atoms with Crippen molar-refractivity contribution in [2.45, 2.75) is 47.7 Å². The molecule has 166 valence electrons. The van der Waals surface area contributed by atoms with Crippen LogP contribution >= 0.6 is 0 Å². The van der Waals surface area contributed by atoms with Gasteiger partial charge in [0, 0.05) is 43.3 Å². The highest BCUT2D eigenvalue weighted by molar-refractivity contribution is 6.08. The third kappa shape index (κ3) is 4.04. The molecule has 0 spiro atoms. The Hall–Kier alpha value is -3.46. The topological polar surface area (TPSA) is 38.9 Å². The molecule has 0 atom stereocenters. The van der Waals surface area contributed by atoms with Crippen LogP contribution in [0.1, 0.15) is 59.6 Å². The number of hydrogen-bond donors (Lipinski definition) is 0. The molecule has 5 rings (SSSR count). The SMILES string of the molecule is [2H]c1cc(C([2H])([2H])C(C)(C)C)cc(C([2H])([2H])[2H])c1-c1cc(-c2cccc3c2oc2nc(C([2H])([2H])[2H])ccc23)ncc1C([2H])([2H])[2H]. The van der Waals surface area contributed by atoms with Gasteiger partial charge in [-0.1, -0.05) is 51.1 Å². The van der Waals surface area contributed by atoms with Gasteiger partial charge in [-0.05, 0) is 84.4 Å². The van der Waals surface area contributed by atoms with Crippen LogP contribution in [-0.4, -0.2) is 9.97 Å². The molecule has 3 heterocycles. The van der Waals surface area contributed by atoms with Crippen LogP contribution in [0.5, 0.6) is 0 Å². The summed E-state index contributed by atoms with van der Waals surface area (Å²) < 4.78 is 105. The van der Waals surface area contributed by atoms with E-state index in [4.69, 9.17) is 20.9 Å². The van der Waals surface area contributed by atoms with Crippen molar-refractivity contribution in [3.63, 3.8) is 0 Å². The standard InChI is InChI=1S/C30H30N2O/c1-18-14-21(16-30(4,5)6)11-13-22(18)26-15-27(31-17-19(26)2)25-9-7-8-23-24-12-10-20(3)32-29(24)33-28(23)25/h7-15,17H,16H2,1-6H3/i1D3,2D3,3D3,13D,16D2. The molecule has 0 aliphatic heterocycles. The first-order chi connectivity index (χ1) is 20.5. The lowest BCUT2D eigenvalue weighted by molar-refractivity contribution is 0.411. The second kappa shape index (κ2) is 7.84. The van der Waals surface area contributed by atoms with Gasteiger partial charge in [0.25, 0.3) is 0 Å². The maximum Gasteiger partial charge on any atom is 0.227 e. The highest BCUT2D eigenvalue weighted by Crippen LogP contribution is 2.37. The van der Waals surface area contributed by atoms with E-state index in [1.165, 1.54) is 24.3 Å². The van der Waals surface area contributed by atoms with E-state index in [2.05, 4.69) is 9.97 Å². The summed E-state index contributed by atoms with van der Waals surface area (Å²) in [6.45, 7) is -3.01. The molecule has 0 saturated carbocycles. The maximum absolute atomic E-state index is 8.91.